The van der Waals surface area contributed by atoms with E-state index >= 15 is 0 Å². The van der Waals surface area contributed by atoms with E-state index in [9.17, 15) is 0 Å². The highest BCUT2D eigenvalue weighted by atomic mass is 16.4. The Morgan fingerprint density at radius 3 is 2.55 bits per heavy atom. The monoisotopic (exact) mass is 262 g/mol. The first-order chi connectivity index (χ1) is 9.81. The molecule has 0 bridgehead atoms. The zero-order chi connectivity index (χ0) is 13.8. The molecule has 20 heavy (non-hydrogen) atoms. The lowest BCUT2D eigenvalue weighted by Gasteiger charge is -1.95. The summed E-state index contributed by atoms with van der Waals surface area (Å²) in [5.74, 6) is 1.05. The van der Waals surface area contributed by atoms with Gasteiger partial charge in [-0.1, -0.05) is 48.0 Å². The minimum Gasteiger partial charge on any atom is -0.417 e. The van der Waals surface area contributed by atoms with Crippen LogP contribution in [-0.2, 0) is 0 Å². The van der Waals surface area contributed by atoms with Crippen molar-refractivity contribution in [2.75, 3.05) is 0 Å². The molecule has 0 aliphatic heterocycles. The van der Waals surface area contributed by atoms with Crippen LogP contribution in [0.1, 0.15) is 17.0 Å². The molecule has 3 heteroatoms. The summed E-state index contributed by atoms with van der Waals surface area (Å²) in [6.45, 7) is 2.04. The molecule has 1 heterocycles. The topological polar surface area (TPSA) is 38.9 Å². The largest absolute Gasteiger partial charge is 0.417 e. The Labute approximate surface area is 117 Å². The molecule has 0 radical (unpaired) electrons. The molecule has 98 valence electrons. The summed E-state index contributed by atoms with van der Waals surface area (Å²) >= 11 is 0. The van der Waals surface area contributed by atoms with Gasteiger partial charge in [-0.15, -0.1) is 10.2 Å². The number of hydrogen-bond acceptors (Lipinski definition) is 3. The third kappa shape index (κ3) is 2.83. The van der Waals surface area contributed by atoms with Gasteiger partial charge in [0, 0.05) is 11.6 Å². The lowest BCUT2D eigenvalue weighted by molar-refractivity contribution is 0.558. The normalized spacial score (nSPS) is 11.1. The van der Waals surface area contributed by atoms with Crippen LogP contribution in [0.2, 0.25) is 0 Å². The minimum atomic E-state index is 0.505. The molecule has 0 amide bonds. The molecule has 0 fully saturated rings. The van der Waals surface area contributed by atoms with Crippen LogP contribution in [0.3, 0.4) is 0 Å². The van der Waals surface area contributed by atoms with E-state index in [0.717, 1.165) is 11.1 Å². The van der Waals surface area contributed by atoms with Gasteiger partial charge in [0.2, 0.25) is 11.8 Å². The molecule has 0 atom stereocenters. The Kier molecular flexibility index (Phi) is 3.42. The summed E-state index contributed by atoms with van der Waals surface area (Å²) in [7, 11) is 0. The van der Waals surface area contributed by atoms with Crippen molar-refractivity contribution >= 4 is 12.2 Å². The first-order valence-electron chi connectivity index (χ1n) is 6.45. The molecule has 0 aliphatic carbocycles. The van der Waals surface area contributed by atoms with Crippen LogP contribution < -0.4 is 0 Å². The second kappa shape index (κ2) is 5.53. The maximum Gasteiger partial charge on any atom is 0.248 e. The molecule has 0 N–H and O–H groups in total. The standard InChI is InChI=1S/C17H14N2O/c1-13-6-5-9-15(12-13)17-19-18-16(20-17)11-10-14-7-3-2-4-8-14/h2-12H,1H3. The fourth-order valence-electron chi connectivity index (χ4n) is 1.93. The zero-order valence-electron chi connectivity index (χ0n) is 11.2. The molecular formula is C17H14N2O. The zero-order valence-corrected chi connectivity index (χ0v) is 11.2. The third-order valence-electron chi connectivity index (χ3n) is 2.92. The summed E-state index contributed by atoms with van der Waals surface area (Å²) in [4.78, 5) is 0. The second-order valence-electron chi connectivity index (χ2n) is 4.56. The maximum absolute atomic E-state index is 5.64. The number of nitrogens with zero attached hydrogens (tertiary/aromatic N) is 2. The molecule has 3 rings (SSSR count). The first kappa shape index (κ1) is 12.4. The fourth-order valence-corrected chi connectivity index (χ4v) is 1.93. The Morgan fingerprint density at radius 2 is 1.75 bits per heavy atom. The van der Waals surface area contributed by atoms with E-state index in [1.54, 1.807) is 0 Å². The van der Waals surface area contributed by atoms with Crippen molar-refractivity contribution in [3.63, 3.8) is 0 Å². The Balaban J connectivity index is 1.82. The van der Waals surface area contributed by atoms with Crippen LogP contribution in [0, 0.1) is 6.92 Å². The first-order valence-corrected chi connectivity index (χ1v) is 6.45. The van der Waals surface area contributed by atoms with Crippen molar-refractivity contribution in [3.8, 4) is 11.5 Å². The van der Waals surface area contributed by atoms with E-state index in [1.807, 2.05) is 73.7 Å². The molecule has 3 nitrogen and oxygen atoms in total. The van der Waals surface area contributed by atoms with Gasteiger partial charge in [0.15, 0.2) is 0 Å². The summed E-state index contributed by atoms with van der Waals surface area (Å²) in [5.41, 5.74) is 3.21. The highest BCUT2D eigenvalue weighted by Crippen LogP contribution is 2.19. The van der Waals surface area contributed by atoms with Crippen molar-refractivity contribution in [2.24, 2.45) is 0 Å². The van der Waals surface area contributed by atoms with Crippen LogP contribution in [0.25, 0.3) is 23.6 Å². The number of aryl methyl sites for hydroxylation is 1. The van der Waals surface area contributed by atoms with E-state index in [2.05, 4.69) is 10.2 Å². The number of aromatic nitrogens is 2. The second-order valence-corrected chi connectivity index (χ2v) is 4.56. The molecule has 0 aliphatic rings. The van der Waals surface area contributed by atoms with Gasteiger partial charge in [0.05, 0.1) is 0 Å². The van der Waals surface area contributed by atoms with Crippen LogP contribution in [0.5, 0.6) is 0 Å². The lowest BCUT2D eigenvalue weighted by Crippen LogP contribution is -1.78. The molecule has 0 unspecified atom stereocenters. The summed E-state index contributed by atoms with van der Waals surface area (Å²) in [6.07, 6.45) is 3.77. The predicted octanol–water partition coefficient (Wildman–Crippen LogP) is 4.22. The van der Waals surface area contributed by atoms with E-state index < -0.39 is 0 Å². The number of benzene rings is 2. The summed E-state index contributed by atoms with van der Waals surface area (Å²) in [6, 6.07) is 18.0. The van der Waals surface area contributed by atoms with Gasteiger partial charge in [-0.05, 0) is 30.7 Å². The summed E-state index contributed by atoms with van der Waals surface area (Å²) < 4.78 is 5.64. The van der Waals surface area contributed by atoms with Crippen LogP contribution >= 0.6 is 0 Å². The minimum absolute atomic E-state index is 0.505. The van der Waals surface area contributed by atoms with Gasteiger partial charge in [-0.25, -0.2) is 0 Å². The highest BCUT2D eigenvalue weighted by molar-refractivity contribution is 5.66. The Morgan fingerprint density at radius 1 is 0.900 bits per heavy atom. The van der Waals surface area contributed by atoms with Crippen molar-refractivity contribution in [3.05, 3.63) is 71.6 Å². The van der Waals surface area contributed by atoms with E-state index in [-0.39, 0.29) is 0 Å². The average molecular weight is 262 g/mol. The van der Waals surface area contributed by atoms with Crippen molar-refractivity contribution in [2.45, 2.75) is 6.92 Å². The van der Waals surface area contributed by atoms with E-state index in [1.165, 1.54) is 5.56 Å². The van der Waals surface area contributed by atoms with Crippen LogP contribution in [-0.4, -0.2) is 10.2 Å². The van der Waals surface area contributed by atoms with Crippen molar-refractivity contribution < 1.29 is 4.42 Å². The predicted molar refractivity (Wildman–Crippen MR) is 79.8 cm³/mol. The van der Waals surface area contributed by atoms with Crippen molar-refractivity contribution in [1.29, 1.82) is 0 Å². The summed E-state index contributed by atoms with van der Waals surface area (Å²) in [5, 5.41) is 8.11. The molecule has 0 spiro atoms. The highest BCUT2D eigenvalue weighted by Gasteiger charge is 2.06. The quantitative estimate of drug-likeness (QED) is 0.709. The number of rotatable bonds is 3. The van der Waals surface area contributed by atoms with E-state index in [0.29, 0.717) is 11.8 Å². The van der Waals surface area contributed by atoms with Crippen LogP contribution in [0.4, 0.5) is 0 Å². The molecule has 1 aromatic heterocycles. The van der Waals surface area contributed by atoms with Crippen LogP contribution in [0.15, 0.2) is 59.0 Å². The average Bonchev–Trinajstić information content (AvgIpc) is 2.95. The third-order valence-corrected chi connectivity index (χ3v) is 2.92. The Bertz CT molecular complexity index is 730. The fraction of sp³-hybridized carbons (Fsp3) is 0.0588. The van der Waals surface area contributed by atoms with Gasteiger partial charge >= 0.3 is 0 Å². The van der Waals surface area contributed by atoms with Gasteiger partial charge in [-0.2, -0.15) is 0 Å². The molecule has 0 saturated carbocycles. The Hall–Kier alpha value is -2.68. The van der Waals surface area contributed by atoms with Gasteiger partial charge in [0.1, 0.15) is 0 Å². The van der Waals surface area contributed by atoms with Crippen molar-refractivity contribution in [1.82, 2.24) is 10.2 Å². The molecule has 2 aromatic carbocycles. The van der Waals surface area contributed by atoms with Gasteiger partial charge in [-0.3, -0.25) is 0 Å². The molecular weight excluding hydrogens is 248 g/mol. The van der Waals surface area contributed by atoms with E-state index in [4.69, 9.17) is 4.42 Å². The van der Waals surface area contributed by atoms with Gasteiger partial charge < -0.3 is 4.42 Å². The molecule has 3 aromatic rings. The maximum atomic E-state index is 5.64. The smallest absolute Gasteiger partial charge is 0.248 e. The SMILES string of the molecule is Cc1cccc(-c2nnc(C=Cc3ccccc3)o2)c1. The lowest BCUT2D eigenvalue weighted by atomic mass is 10.1. The van der Waals surface area contributed by atoms with Gasteiger partial charge in [0.25, 0.3) is 0 Å². The molecule has 0 saturated heterocycles. The number of hydrogen-bond donors (Lipinski definition) is 0.